The Morgan fingerprint density at radius 1 is 1.27 bits per heavy atom. The lowest BCUT2D eigenvalue weighted by Crippen LogP contribution is -2.50. The highest BCUT2D eigenvalue weighted by Gasteiger charge is 2.36. The fourth-order valence-corrected chi connectivity index (χ4v) is 4.96. The van der Waals surface area contributed by atoms with E-state index in [0.717, 1.165) is 12.8 Å². The maximum Gasteiger partial charge on any atom is 0.242 e. The summed E-state index contributed by atoms with van der Waals surface area (Å²) >= 11 is 6.17. The molecule has 1 atom stereocenters. The normalized spacial score (nSPS) is 18.3. The van der Waals surface area contributed by atoms with Crippen molar-refractivity contribution in [2.45, 2.75) is 45.6 Å². The molecule has 1 aliphatic heterocycles. The SMILES string of the molecule is CCCS(=O)(=O)N1CCCCC1C(=O)Nc1ccc(NC(C)=O)cc1Cl. The number of anilines is 2. The molecule has 1 unspecified atom stereocenters. The standard InChI is InChI=1S/C17H24ClN3O4S/c1-3-10-26(24,25)21-9-5-4-6-16(21)17(23)20-15-8-7-13(11-14(15)18)19-12(2)22/h7-8,11,16H,3-6,9-10H2,1-2H3,(H,19,22)(H,20,23). The molecule has 0 aromatic heterocycles. The van der Waals surface area contributed by atoms with Crippen LogP contribution in [0.2, 0.25) is 5.02 Å². The van der Waals surface area contributed by atoms with E-state index in [0.29, 0.717) is 30.8 Å². The van der Waals surface area contributed by atoms with Crippen LogP contribution in [0.3, 0.4) is 0 Å². The topological polar surface area (TPSA) is 95.6 Å². The van der Waals surface area contributed by atoms with Gasteiger partial charge in [0.2, 0.25) is 21.8 Å². The Hall–Kier alpha value is -1.64. The molecule has 1 fully saturated rings. The second kappa shape index (κ2) is 8.83. The first-order valence-electron chi connectivity index (χ1n) is 8.62. The predicted octanol–water partition coefficient (Wildman–Crippen LogP) is 2.83. The van der Waals surface area contributed by atoms with E-state index in [4.69, 9.17) is 11.6 Å². The first kappa shape index (κ1) is 20.7. The molecule has 0 bridgehead atoms. The van der Waals surface area contributed by atoms with E-state index in [1.165, 1.54) is 17.3 Å². The number of carbonyl (C=O) groups excluding carboxylic acids is 2. The molecular formula is C17H24ClN3O4S. The largest absolute Gasteiger partial charge is 0.326 e. The Kier molecular flexibility index (Phi) is 7.02. The van der Waals surface area contributed by atoms with Gasteiger partial charge in [-0.15, -0.1) is 0 Å². The minimum absolute atomic E-state index is 0.0307. The van der Waals surface area contributed by atoms with Crippen LogP contribution in [0.5, 0.6) is 0 Å². The van der Waals surface area contributed by atoms with Gasteiger partial charge < -0.3 is 10.6 Å². The average Bonchev–Trinajstić information content (AvgIpc) is 2.56. The van der Waals surface area contributed by atoms with Crippen LogP contribution in [0.1, 0.15) is 39.5 Å². The van der Waals surface area contributed by atoms with Crippen LogP contribution in [-0.4, -0.2) is 42.9 Å². The van der Waals surface area contributed by atoms with Gasteiger partial charge in [0, 0.05) is 19.2 Å². The molecule has 0 radical (unpaired) electrons. The summed E-state index contributed by atoms with van der Waals surface area (Å²) in [6.07, 6.45) is 2.53. The van der Waals surface area contributed by atoms with E-state index in [2.05, 4.69) is 10.6 Å². The molecule has 1 aromatic rings. The Bertz CT molecular complexity index is 782. The molecule has 1 aliphatic rings. The first-order chi connectivity index (χ1) is 12.2. The van der Waals surface area contributed by atoms with E-state index in [1.807, 2.05) is 0 Å². The van der Waals surface area contributed by atoms with Crippen molar-refractivity contribution in [1.29, 1.82) is 0 Å². The number of nitrogens with one attached hydrogen (secondary N) is 2. The van der Waals surface area contributed by atoms with E-state index < -0.39 is 22.0 Å². The summed E-state index contributed by atoms with van der Waals surface area (Å²) in [4.78, 5) is 23.8. The number of rotatable bonds is 6. The lowest BCUT2D eigenvalue weighted by atomic mass is 10.0. The second-order valence-corrected chi connectivity index (χ2v) is 8.75. The van der Waals surface area contributed by atoms with Crippen molar-refractivity contribution in [3.8, 4) is 0 Å². The van der Waals surface area contributed by atoms with Gasteiger partial charge >= 0.3 is 0 Å². The molecule has 1 heterocycles. The van der Waals surface area contributed by atoms with Crippen molar-refractivity contribution in [3.05, 3.63) is 23.2 Å². The fraction of sp³-hybridized carbons (Fsp3) is 0.529. The van der Waals surface area contributed by atoms with Gasteiger partial charge in [-0.3, -0.25) is 9.59 Å². The molecule has 0 spiro atoms. The van der Waals surface area contributed by atoms with Crippen LogP contribution in [0.25, 0.3) is 0 Å². The maximum atomic E-state index is 12.7. The van der Waals surface area contributed by atoms with Gasteiger partial charge in [0.1, 0.15) is 6.04 Å². The van der Waals surface area contributed by atoms with Crippen molar-refractivity contribution in [1.82, 2.24) is 4.31 Å². The van der Waals surface area contributed by atoms with Crippen molar-refractivity contribution in [3.63, 3.8) is 0 Å². The van der Waals surface area contributed by atoms with Crippen molar-refractivity contribution >= 4 is 44.8 Å². The quantitative estimate of drug-likeness (QED) is 0.766. The zero-order chi connectivity index (χ0) is 19.3. The minimum Gasteiger partial charge on any atom is -0.326 e. The average molecular weight is 402 g/mol. The molecule has 2 amide bonds. The third-order valence-electron chi connectivity index (χ3n) is 4.12. The van der Waals surface area contributed by atoms with Crippen LogP contribution in [0.4, 0.5) is 11.4 Å². The Morgan fingerprint density at radius 3 is 2.62 bits per heavy atom. The monoisotopic (exact) mass is 401 g/mol. The summed E-state index contributed by atoms with van der Waals surface area (Å²) in [6.45, 7) is 3.54. The number of amides is 2. The van der Waals surface area contributed by atoms with Crippen molar-refractivity contribution in [2.75, 3.05) is 22.9 Å². The highest BCUT2D eigenvalue weighted by atomic mass is 35.5. The Morgan fingerprint density at radius 2 is 2.00 bits per heavy atom. The van der Waals surface area contributed by atoms with Gasteiger partial charge in [-0.25, -0.2) is 8.42 Å². The molecule has 2 N–H and O–H groups in total. The Balaban J connectivity index is 2.16. The molecule has 144 valence electrons. The van der Waals surface area contributed by atoms with E-state index in [1.54, 1.807) is 19.1 Å². The molecule has 2 rings (SSSR count). The number of nitrogens with zero attached hydrogens (tertiary/aromatic N) is 1. The molecule has 1 aromatic carbocycles. The van der Waals surface area contributed by atoms with Gasteiger partial charge in [-0.2, -0.15) is 4.31 Å². The number of piperidine rings is 1. The van der Waals surface area contributed by atoms with Crippen LogP contribution >= 0.6 is 11.6 Å². The van der Waals surface area contributed by atoms with Crippen molar-refractivity contribution < 1.29 is 18.0 Å². The zero-order valence-corrected chi connectivity index (χ0v) is 16.5. The van der Waals surface area contributed by atoms with E-state index >= 15 is 0 Å². The minimum atomic E-state index is -3.46. The molecule has 9 heteroatoms. The van der Waals surface area contributed by atoms with E-state index in [9.17, 15) is 18.0 Å². The fourth-order valence-electron chi connectivity index (χ4n) is 2.99. The summed E-state index contributed by atoms with van der Waals surface area (Å²) in [6, 6.07) is 4.01. The summed E-state index contributed by atoms with van der Waals surface area (Å²) in [5.41, 5.74) is 0.898. The molecular weight excluding hydrogens is 378 g/mol. The highest BCUT2D eigenvalue weighted by Crippen LogP contribution is 2.28. The van der Waals surface area contributed by atoms with Crippen LogP contribution in [-0.2, 0) is 19.6 Å². The molecule has 7 nitrogen and oxygen atoms in total. The number of benzene rings is 1. The van der Waals surface area contributed by atoms with Gasteiger partial charge in [0.05, 0.1) is 16.5 Å². The second-order valence-electron chi connectivity index (χ2n) is 6.30. The smallest absolute Gasteiger partial charge is 0.242 e. The number of hydrogen-bond acceptors (Lipinski definition) is 4. The number of halogens is 1. The third-order valence-corrected chi connectivity index (χ3v) is 6.51. The van der Waals surface area contributed by atoms with Crippen LogP contribution in [0.15, 0.2) is 18.2 Å². The number of hydrogen-bond donors (Lipinski definition) is 2. The summed E-state index contributed by atoms with van der Waals surface area (Å²) in [7, 11) is -3.46. The predicted molar refractivity (Wildman–Crippen MR) is 103 cm³/mol. The van der Waals surface area contributed by atoms with E-state index in [-0.39, 0.29) is 16.7 Å². The van der Waals surface area contributed by atoms with Crippen LogP contribution < -0.4 is 10.6 Å². The summed E-state index contributed by atoms with van der Waals surface area (Å²) in [5, 5.41) is 5.59. The number of sulfonamides is 1. The van der Waals surface area contributed by atoms with Gasteiger partial charge in [0.15, 0.2) is 0 Å². The van der Waals surface area contributed by atoms with Crippen molar-refractivity contribution in [2.24, 2.45) is 0 Å². The lowest BCUT2D eigenvalue weighted by Gasteiger charge is -2.33. The lowest BCUT2D eigenvalue weighted by molar-refractivity contribution is -0.120. The van der Waals surface area contributed by atoms with Gasteiger partial charge in [-0.1, -0.05) is 24.9 Å². The first-order valence-corrected chi connectivity index (χ1v) is 10.6. The molecule has 26 heavy (non-hydrogen) atoms. The van der Waals surface area contributed by atoms with Gasteiger partial charge in [0.25, 0.3) is 0 Å². The zero-order valence-electron chi connectivity index (χ0n) is 14.9. The van der Waals surface area contributed by atoms with Gasteiger partial charge in [-0.05, 0) is 37.5 Å². The molecule has 0 saturated carbocycles. The molecule has 1 saturated heterocycles. The maximum absolute atomic E-state index is 12.7. The summed E-state index contributed by atoms with van der Waals surface area (Å²) in [5.74, 6) is -0.585. The summed E-state index contributed by atoms with van der Waals surface area (Å²) < 4.78 is 26.2. The van der Waals surface area contributed by atoms with Crippen LogP contribution in [0, 0.1) is 0 Å². The molecule has 0 aliphatic carbocycles. The highest BCUT2D eigenvalue weighted by molar-refractivity contribution is 7.89. The Labute approximate surface area is 159 Å². The third kappa shape index (κ3) is 5.18. The number of carbonyl (C=O) groups is 2.